The van der Waals surface area contributed by atoms with E-state index in [1.807, 2.05) is 0 Å². The highest BCUT2D eigenvalue weighted by molar-refractivity contribution is 7.89. The number of halogens is 1. The summed E-state index contributed by atoms with van der Waals surface area (Å²) in [6, 6.07) is 12.1. The number of sulfonamides is 1. The lowest BCUT2D eigenvalue weighted by molar-refractivity contribution is 0.0526. The van der Waals surface area contributed by atoms with Crippen molar-refractivity contribution in [1.82, 2.24) is 4.72 Å². The Morgan fingerprint density at radius 3 is 2.38 bits per heavy atom. The molecule has 24 heavy (non-hydrogen) atoms. The molecule has 0 bridgehead atoms. The SMILES string of the molecule is CCOC(=O)c1ccc(S(=O)(=O)N[C@@H](C)c2ccccc2Cl)cc1. The Hall–Kier alpha value is -1.89. The molecule has 5 nitrogen and oxygen atoms in total. The van der Waals surface area contributed by atoms with Crippen LogP contribution in [0.2, 0.25) is 5.02 Å². The molecule has 0 heterocycles. The lowest BCUT2D eigenvalue weighted by Gasteiger charge is -2.16. The van der Waals surface area contributed by atoms with E-state index in [1.54, 1.807) is 38.1 Å². The molecule has 7 heteroatoms. The average molecular weight is 368 g/mol. The molecule has 1 N–H and O–H groups in total. The third-order valence-corrected chi connectivity index (χ3v) is 5.28. The van der Waals surface area contributed by atoms with E-state index in [0.717, 1.165) is 0 Å². The Morgan fingerprint density at radius 2 is 1.79 bits per heavy atom. The number of carbonyl (C=O) groups excluding carboxylic acids is 1. The van der Waals surface area contributed by atoms with E-state index < -0.39 is 22.0 Å². The minimum Gasteiger partial charge on any atom is -0.462 e. The Balaban J connectivity index is 2.18. The first-order valence-electron chi connectivity index (χ1n) is 7.39. The molecular formula is C17H18ClNO4S. The summed E-state index contributed by atoms with van der Waals surface area (Å²) in [7, 11) is -3.74. The number of nitrogens with one attached hydrogen (secondary N) is 1. The monoisotopic (exact) mass is 367 g/mol. The van der Waals surface area contributed by atoms with Gasteiger partial charge in [0, 0.05) is 11.1 Å². The van der Waals surface area contributed by atoms with Crippen LogP contribution in [0, 0.1) is 0 Å². The second-order valence-corrected chi connectivity index (χ2v) is 7.23. The van der Waals surface area contributed by atoms with Crippen LogP contribution >= 0.6 is 11.6 Å². The van der Waals surface area contributed by atoms with Crippen molar-refractivity contribution >= 4 is 27.6 Å². The first-order chi connectivity index (χ1) is 11.3. The summed E-state index contributed by atoms with van der Waals surface area (Å²) in [6.45, 7) is 3.68. The van der Waals surface area contributed by atoms with Crippen molar-refractivity contribution in [2.24, 2.45) is 0 Å². The fourth-order valence-electron chi connectivity index (χ4n) is 2.18. The van der Waals surface area contributed by atoms with Crippen molar-refractivity contribution in [1.29, 1.82) is 0 Å². The van der Waals surface area contributed by atoms with Crippen LogP contribution in [0.25, 0.3) is 0 Å². The van der Waals surface area contributed by atoms with E-state index in [0.29, 0.717) is 16.1 Å². The largest absolute Gasteiger partial charge is 0.462 e. The van der Waals surface area contributed by atoms with Crippen LogP contribution in [0.15, 0.2) is 53.4 Å². The minimum atomic E-state index is -3.74. The Bertz CT molecular complexity index is 819. The van der Waals surface area contributed by atoms with Crippen molar-refractivity contribution in [2.45, 2.75) is 24.8 Å². The van der Waals surface area contributed by atoms with Crippen molar-refractivity contribution in [3.05, 3.63) is 64.7 Å². The molecule has 0 aliphatic heterocycles. The zero-order valence-corrected chi connectivity index (χ0v) is 14.9. The number of hydrogen-bond acceptors (Lipinski definition) is 4. The first-order valence-corrected chi connectivity index (χ1v) is 9.25. The molecule has 2 aromatic carbocycles. The highest BCUT2D eigenvalue weighted by Crippen LogP contribution is 2.24. The van der Waals surface area contributed by atoms with Gasteiger partial charge in [-0.2, -0.15) is 0 Å². The molecule has 0 unspecified atom stereocenters. The molecule has 0 spiro atoms. The fraction of sp³-hybridized carbons (Fsp3) is 0.235. The molecule has 0 aliphatic carbocycles. The van der Waals surface area contributed by atoms with Gasteiger partial charge in [-0.25, -0.2) is 17.9 Å². The van der Waals surface area contributed by atoms with Crippen molar-refractivity contribution in [3.8, 4) is 0 Å². The molecule has 128 valence electrons. The van der Waals surface area contributed by atoms with Crippen molar-refractivity contribution < 1.29 is 17.9 Å². The van der Waals surface area contributed by atoms with E-state index in [4.69, 9.17) is 16.3 Å². The Morgan fingerprint density at radius 1 is 1.17 bits per heavy atom. The summed E-state index contributed by atoms with van der Waals surface area (Å²) in [4.78, 5) is 11.7. The standard InChI is InChI=1S/C17H18ClNO4S/c1-3-23-17(20)13-8-10-14(11-9-13)24(21,22)19-12(2)15-6-4-5-7-16(15)18/h4-12,19H,3H2,1-2H3/t12-/m0/s1. The third kappa shape index (κ3) is 4.35. The second-order valence-electron chi connectivity index (χ2n) is 5.11. The summed E-state index contributed by atoms with van der Waals surface area (Å²) in [5.74, 6) is -0.487. The van der Waals surface area contributed by atoms with Crippen LogP contribution < -0.4 is 4.72 Å². The van der Waals surface area contributed by atoms with Gasteiger partial charge >= 0.3 is 5.97 Å². The highest BCUT2D eigenvalue weighted by Gasteiger charge is 2.20. The van der Waals surface area contributed by atoms with Gasteiger partial charge in [-0.1, -0.05) is 29.8 Å². The smallest absolute Gasteiger partial charge is 0.338 e. The number of benzene rings is 2. The lowest BCUT2D eigenvalue weighted by Crippen LogP contribution is -2.27. The maximum absolute atomic E-state index is 12.5. The molecule has 1 atom stereocenters. The number of hydrogen-bond donors (Lipinski definition) is 1. The van der Waals surface area contributed by atoms with Crippen molar-refractivity contribution in [2.75, 3.05) is 6.61 Å². The van der Waals surface area contributed by atoms with Gasteiger partial charge in [0.2, 0.25) is 10.0 Å². The second kappa shape index (κ2) is 7.79. The third-order valence-electron chi connectivity index (χ3n) is 3.38. The van der Waals surface area contributed by atoms with Gasteiger partial charge in [0.15, 0.2) is 0 Å². The van der Waals surface area contributed by atoms with E-state index in [2.05, 4.69) is 4.72 Å². The van der Waals surface area contributed by atoms with Crippen LogP contribution in [0.5, 0.6) is 0 Å². The number of esters is 1. The molecule has 2 rings (SSSR count). The van der Waals surface area contributed by atoms with Gasteiger partial charge < -0.3 is 4.74 Å². The van der Waals surface area contributed by atoms with E-state index in [1.165, 1.54) is 24.3 Å². The topological polar surface area (TPSA) is 72.5 Å². The van der Waals surface area contributed by atoms with E-state index in [9.17, 15) is 13.2 Å². The predicted molar refractivity (Wildman–Crippen MR) is 92.6 cm³/mol. The highest BCUT2D eigenvalue weighted by atomic mass is 35.5. The summed E-state index contributed by atoms with van der Waals surface area (Å²) < 4.78 is 32.4. The molecule has 2 aromatic rings. The normalized spacial score (nSPS) is 12.6. The van der Waals surface area contributed by atoms with Crippen LogP contribution in [-0.4, -0.2) is 21.0 Å². The van der Waals surface area contributed by atoms with Gasteiger partial charge in [0.05, 0.1) is 17.1 Å². The zero-order valence-electron chi connectivity index (χ0n) is 13.3. The first kappa shape index (κ1) is 18.4. The van der Waals surface area contributed by atoms with E-state index in [-0.39, 0.29) is 11.5 Å². The summed E-state index contributed by atoms with van der Waals surface area (Å²) in [5.41, 5.74) is 0.987. The quantitative estimate of drug-likeness (QED) is 0.792. The van der Waals surface area contributed by atoms with Crippen LogP contribution in [0.4, 0.5) is 0 Å². The number of ether oxygens (including phenoxy) is 1. The molecule has 0 radical (unpaired) electrons. The molecular weight excluding hydrogens is 350 g/mol. The van der Waals surface area contributed by atoms with Crippen molar-refractivity contribution in [3.63, 3.8) is 0 Å². The minimum absolute atomic E-state index is 0.0643. The Labute approximate surface area is 146 Å². The molecule has 0 saturated carbocycles. The van der Waals surface area contributed by atoms with Gasteiger partial charge in [-0.05, 0) is 49.7 Å². The molecule has 0 amide bonds. The van der Waals surface area contributed by atoms with Gasteiger partial charge in [-0.15, -0.1) is 0 Å². The van der Waals surface area contributed by atoms with Crippen LogP contribution in [-0.2, 0) is 14.8 Å². The molecule has 0 fully saturated rings. The summed E-state index contributed by atoms with van der Waals surface area (Å²) in [5, 5.41) is 0.491. The predicted octanol–water partition coefficient (Wildman–Crippen LogP) is 3.56. The number of carbonyl (C=O) groups is 1. The van der Waals surface area contributed by atoms with Crippen LogP contribution in [0.1, 0.15) is 35.8 Å². The molecule has 0 aromatic heterocycles. The Kier molecular flexibility index (Phi) is 5.99. The van der Waals surface area contributed by atoms with Gasteiger partial charge in [-0.3, -0.25) is 0 Å². The van der Waals surface area contributed by atoms with E-state index >= 15 is 0 Å². The maximum Gasteiger partial charge on any atom is 0.338 e. The number of rotatable bonds is 6. The fourth-order valence-corrected chi connectivity index (χ4v) is 3.70. The molecule has 0 aliphatic rings. The maximum atomic E-state index is 12.5. The summed E-state index contributed by atoms with van der Waals surface area (Å²) >= 11 is 6.09. The van der Waals surface area contributed by atoms with Gasteiger partial charge in [0.1, 0.15) is 0 Å². The summed E-state index contributed by atoms with van der Waals surface area (Å²) in [6.07, 6.45) is 0. The molecule has 0 saturated heterocycles. The zero-order chi connectivity index (χ0) is 17.7. The van der Waals surface area contributed by atoms with Crippen LogP contribution in [0.3, 0.4) is 0 Å². The average Bonchev–Trinajstić information content (AvgIpc) is 2.55. The van der Waals surface area contributed by atoms with Gasteiger partial charge in [0.25, 0.3) is 0 Å². The lowest BCUT2D eigenvalue weighted by atomic mass is 10.1.